The van der Waals surface area contributed by atoms with E-state index in [2.05, 4.69) is 33.8 Å². The van der Waals surface area contributed by atoms with Crippen LogP contribution in [0.25, 0.3) is 10.8 Å². The molecule has 1 aliphatic carbocycles. The highest BCUT2D eigenvalue weighted by Gasteiger charge is 2.83. The van der Waals surface area contributed by atoms with E-state index in [0.717, 1.165) is 52.7 Å². The molecule has 2 spiro atoms. The van der Waals surface area contributed by atoms with Crippen LogP contribution in [-0.4, -0.2) is 69.0 Å². The molecule has 6 aliphatic rings. The van der Waals surface area contributed by atoms with Gasteiger partial charge in [-0.05, 0) is 44.7 Å². The van der Waals surface area contributed by atoms with E-state index in [-0.39, 0.29) is 17.1 Å². The summed E-state index contributed by atoms with van der Waals surface area (Å²) in [6, 6.07) is 2.09. The highest BCUT2D eigenvalue weighted by atomic mass is 16.8. The number of benzene rings is 2. The molecule has 4 fully saturated rings. The average molecular weight is 569 g/mol. The molecular weight excluding hydrogens is 528 g/mol. The van der Waals surface area contributed by atoms with Gasteiger partial charge in [-0.3, -0.25) is 0 Å². The third kappa shape index (κ3) is 3.07. The van der Waals surface area contributed by atoms with Gasteiger partial charge < -0.3 is 43.0 Å². The summed E-state index contributed by atoms with van der Waals surface area (Å²) < 4.78 is 51.7. The van der Waals surface area contributed by atoms with Crippen LogP contribution in [0.2, 0.25) is 0 Å². The molecule has 0 radical (unpaired) electrons. The molecule has 0 amide bonds. The summed E-state index contributed by atoms with van der Waals surface area (Å²) in [6.07, 6.45) is 1.58. The van der Waals surface area contributed by atoms with Crippen LogP contribution in [0.1, 0.15) is 68.9 Å². The second-order valence-electron chi connectivity index (χ2n) is 13.9. The van der Waals surface area contributed by atoms with Crippen molar-refractivity contribution in [1.29, 1.82) is 0 Å². The van der Waals surface area contributed by atoms with Crippen LogP contribution in [0.4, 0.5) is 0 Å². The molecule has 2 aromatic rings. The number of phenolic OH excluding ortho intramolecular Hbond substituents is 1. The molecule has 2 bridgehead atoms. The van der Waals surface area contributed by atoms with Gasteiger partial charge in [-0.1, -0.05) is 20.8 Å². The quantitative estimate of drug-likeness (QED) is 0.524. The van der Waals surface area contributed by atoms with E-state index in [0.29, 0.717) is 37.6 Å². The van der Waals surface area contributed by atoms with Crippen molar-refractivity contribution in [2.45, 2.75) is 88.9 Å². The van der Waals surface area contributed by atoms with Crippen molar-refractivity contribution in [3.8, 4) is 17.2 Å². The normalized spacial score (nSPS) is 40.3. The van der Waals surface area contributed by atoms with Gasteiger partial charge in [0, 0.05) is 34.6 Å². The van der Waals surface area contributed by atoms with E-state index < -0.39 is 35.0 Å². The van der Waals surface area contributed by atoms with Crippen molar-refractivity contribution in [2.24, 2.45) is 11.3 Å². The van der Waals surface area contributed by atoms with E-state index in [9.17, 15) is 5.11 Å². The molecule has 1 N–H and O–H groups in total. The molecule has 5 heterocycles. The van der Waals surface area contributed by atoms with Crippen molar-refractivity contribution in [2.75, 3.05) is 40.6 Å². The summed E-state index contributed by atoms with van der Waals surface area (Å²) >= 11 is 0. The maximum absolute atomic E-state index is 12.1. The molecule has 2 aromatic carbocycles. The minimum absolute atomic E-state index is 0.0990. The first-order chi connectivity index (χ1) is 19.5. The number of methoxy groups -OCH3 is 2. The van der Waals surface area contributed by atoms with Crippen molar-refractivity contribution in [3.63, 3.8) is 0 Å². The first kappa shape index (κ1) is 26.5. The zero-order chi connectivity index (χ0) is 28.7. The maximum atomic E-state index is 12.1. The van der Waals surface area contributed by atoms with Gasteiger partial charge in [-0.25, -0.2) is 0 Å². The zero-order valence-electron chi connectivity index (χ0n) is 25.0. The summed E-state index contributed by atoms with van der Waals surface area (Å²) in [5.41, 5.74) is 1.15. The van der Waals surface area contributed by atoms with Gasteiger partial charge in [0.05, 0.1) is 50.9 Å². The SMILES string of the molecule is COc1c2c(c(O)c3c4c(c(C)cc13)[C@@H]1O[C@](C)(C3OCC(C)(C)CO3)[C@]3(CO3)[C@](OC)(O4)[C@H]1C)C1(CCC2)CO1. The molecule has 6 atom stereocenters. The van der Waals surface area contributed by atoms with Crippen LogP contribution in [-0.2, 0) is 40.4 Å². The van der Waals surface area contributed by atoms with Gasteiger partial charge >= 0.3 is 0 Å². The molecule has 1 unspecified atom stereocenters. The number of hydrogen-bond donors (Lipinski definition) is 1. The number of rotatable bonds is 3. The lowest BCUT2D eigenvalue weighted by Gasteiger charge is -2.60. The number of epoxide rings is 2. The lowest BCUT2D eigenvalue weighted by Crippen LogP contribution is -2.76. The number of phenols is 1. The molecule has 41 heavy (non-hydrogen) atoms. The first-order valence-corrected chi connectivity index (χ1v) is 14.8. The van der Waals surface area contributed by atoms with Crippen molar-refractivity contribution < 1.29 is 43.0 Å². The summed E-state index contributed by atoms with van der Waals surface area (Å²) in [6.45, 7) is 12.4. The summed E-state index contributed by atoms with van der Waals surface area (Å²) in [4.78, 5) is 0. The number of aryl methyl sites for hydroxylation is 1. The predicted molar refractivity (Wildman–Crippen MR) is 147 cm³/mol. The van der Waals surface area contributed by atoms with Crippen molar-refractivity contribution in [3.05, 3.63) is 28.3 Å². The molecule has 4 saturated heterocycles. The average Bonchev–Trinajstić information content (AvgIpc) is 3.86. The number of ether oxygens (including phenoxy) is 8. The number of aromatic hydroxyl groups is 1. The molecular formula is C32H40O9. The van der Waals surface area contributed by atoms with Gasteiger partial charge in [-0.2, -0.15) is 0 Å². The minimum atomic E-state index is -1.22. The van der Waals surface area contributed by atoms with Crippen LogP contribution >= 0.6 is 0 Å². The summed E-state index contributed by atoms with van der Waals surface area (Å²) in [5.74, 6) is 0.0567. The molecule has 0 aromatic heterocycles. The molecule has 5 aliphatic heterocycles. The predicted octanol–water partition coefficient (Wildman–Crippen LogP) is 4.79. The lowest BCUT2D eigenvalue weighted by molar-refractivity contribution is -0.402. The third-order valence-corrected chi connectivity index (χ3v) is 10.7. The van der Waals surface area contributed by atoms with Crippen LogP contribution in [0.15, 0.2) is 6.07 Å². The molecule has 9 heteroatoms. The van der Waals surface area contributed by atoms with Crippen LogP contribution in [0.5, 0.6) is 17.2 Å². The Balaban J connectivity index is 1.36. The number of fused-ring (bicyclic) bond motifs is 9. The van der Waals surface area contributed by atoms with Gasteiger partial charge in [-0.15, -0.1) is 0 Å². The Bertz CT molecular complexity index is 1460. The Labute approximate surface area is 240 Å². The second kappa shape index (κ2) is 8.07. The van der Waals surface area contributed by atoms with Crippen LogP contribution in [0, 0.1) is 18.3 Å². The molecule has 222 valence electrons. The minimum Gasteiger partial charge on any atom is -0.507 e. The summed E-state index contributed by atoms with van der Waals surface area (Å²) in [7, 11) is 3.35. The van der Waals surface area contributed by atoms with E-state index in [4.69, 9.17) is 37.9 Å². The fourth-order valence-electron chi connectivity index (χ4n) is 8.45. The van der Waals surface area contributed by atoms with Crippen molar-refractivity contribution >= 4 is 10.8 Å². The fourth-order valence-corrected chi connectivity index (χ4v) is 8.45. The Hall–Kier alpha value is -2.14. The second-order valence-corrected chi connectivity index (χ2v) is 13.9. The Morgan fingerprint density at radius 3 is 2.34 bits per heavy atom. The smallest absolute Gasteiger partial charge is 0.250 e. The molecule has 0 saturated carbocycles. The Kier molecular flexibility index (Phi) is 5.21. The van der Waals surface area contributed by atoms with Gasteiger partial charge in [0.2, 0.25) is 5.79 Å². The van der Waals surface area contributed by atoms with Crippen LogP contribution < -0.4 is 9.47 Å². The topological polar surface area (TPSA) is 101 Å². The fraction of sp³-hybridized carbons (Fsp3) is 0.688. The third-order valence-electron chi connectivity index (χ3n) is 10.7. The Morgan fingerprint density at radius 1 is 1.02 bits per heavy atom. The molecule has 9 nitrogen and oxygen atoms in total. The Morgan fingerprint density at radius 2 is 1.73 bits per heavy atom. The van der Waals surface area contributed by atoms with Gasteiger partial charge in [0.15, 0.2) is 17.5 Å². The maximum Gasteiger partial charge on any atom is 0.250 e. The van der Waals surface area contributed by atoms with Gasteiger partial charge in [0.25, 0.3) is 0 Å². The highest BCUT2D eigenvalue weighted by Crippen LogP contribution is 2.68. The molecule has 8 rings (SSSR count). The van der Waals surface area contributed by atoms with Gasteiger partial charge in [0.1, 0.15) is 22.8 Å². The van der Waals surface area contributed by atoms with Crippen molar-refractivity contribution in [1.82, 2.24) is 0 Å². The monoisotopic (exact) mass is 568 g/mol. The highest BCUT2D eigenvalue weighted by molar-refractivity contribution is 6.02. The van der Waals surface area contributed by atoms with E-state index in [1.807, 2.05) is 6.92 Å². The lowest BCUT2D eigenvalue weighted by atomic mass is 9.67. The zero-order valence-corrected chi connectivity index (χ0v) is 25.0. The largest absolute Gasteiger partial charge is 0.507 e. The summed E-state index contributed by atoms with van der Waals surface area (Å²) in [5, 5.41) is 13.5. The first-order valence-electron chi connectivity index (χ1n) is 14.8. The van der Waals surface area contributed by atoms with E-state index in [1.165, 1.54) is 0 Å². The van der Waals surface area contributed by atoms with E-state index in [1.54, 1.807) is 14.2 Å². The van der Waals surface area contributed by atoms with E-state index >= 15 is 0 Å². The number of hydrogen-bond acceptors (Lipinski definition) is 9. The standard InChI is InChI=1S/C32H40O9/c1-16-11-19-21(23(33)22-18(25(19)34-6)9-8-10-30(22)14-38-30)26-20(16)24-17(2)32(35-7,41-26)31(15-39-31)29(5,40-24)27-36-12-28(3,4)13-37-27/h11,17,24,27,33H,8-10,12-15H2,1-7H3/t17-,24+,29+,30?,31+,32+/m0/s1. The van der Waals surface area contributed by atoms with Crippen LogP contribution in [0.3, 0.4) is 0 Å².